The molecule has 11 heteroatoms. The molecular weight excluding hydrogens is 445 g/mol. The van der Waals surface area contributed by atoms with Gasteiger partial charge in [-0.15, -0.1) is 0 Å². The van der Waals surface area contributed by atoms with Crippen molar-refractivity contribution >= 4 is 40.9 Å². The number of nitrogens with one attached hydrogen (secondary N) is 1. The number of nitrogens with zero attached hydrogens (tertiary/aromatic N) is 4. The number of Topliss-reactive ketones (excluding diaryl/α,β-unsaturated/α-hetero) is 1. The summed E-state index contributed by atoms with van der Waals surface area (Å²) in [7, 11) is 2.74. The van der Waals surface area contributed by atoms with Gasteiger partial charge in [0.25, 0.3) is 0 Å². The van der Waals surface area contributed by atoms with Gasteiger partial charge in [-0.3, -0.25) is 4.79 Å². The second-order valence-electron chi connectivity index (χ2n) is 6.48. The normalized spacial score (nSPS) is 15.2. The molecule has 9 nitrogen and oxygen atoms in total. The lowest BCUT2D eigenvalue weighted by molar-refractivity contribution is -0.136. The number of tetrazole rings is 1. The summed E-state index contributed by atoms with van der Waals surface area (Å²) in [6, 6.07) is 10.4. The van der Waals surface area contributed by atoms with Crippen LogP contribution < -0.4 is 10.1 Å². The van der Waals surface area contributed by atoms with Crippen molar-refractivity contribution in [3.05, 3.63) is 74.9 Å². The number of esters is 1. The second kappa shape index (κ2) is 8.37. The minimum atomic E-state index is -0.903. The highest BCUT2D eigenvalue weighted by atomic mass is 35.5. The van der Waals surface area contributed by atoms with Crippen molar-refractivity contribution in [1.29, 1.82) is 0 Å². The third-order valence-electron chi connectivity index (χ3n) is 4.76. The van der Waals surface area contributed by atoms with E-state index < -0.39 is 17.8 Å². The Kier molecular flexibility index (Phi) is 5.62. The highest BCUT2D eigenvalue weighted by Gasteiger charge is 2.39. The Morgan fingerprint density at radius 2 is 1.84 bits per heavy atom. The molecule has 0 unspecified atom stereocenters. The minimum Gasteiger partial charge on any atom is -0.497 e. The number of carbonyl (C=O) groups excluding carboxylic acids is 2. The molecule has 0 spiro atoms. The molecule has 31 heavy (non-hydrogen) atoms. The number of aromatic nitrogens is 4. The van der Waals surface area contributed by atoms with Gasteiger partial charge in [-0.1, -0.05) is 34.4 Å². The fraction of sp³-hybridized carbons (Fsp3) is 0.150. The summed E-state index contributed by atoms with van der Waals surface area (Å²) in [6.07, 6.45) is 0. The van der Waals surface area contributed by atoms with Crippen LogP contribution in [0.15, 0.2) is 53.7 Å². The largest absolute Gasteiger partial charge is 0.497 e. The Morgan fingerprint density at radius 3 is 2.48 bits per heavy atom. The Hall–Kier alpha value is -3.43. The molecule has 2 aromatic carbocycles. The molecule has 1 aromatic heterocycles. The van der Waals surface area contributed by atoms with Crippen LogP contribution in [0.1, 0.15) is 22.0 Å². The topological polar surface area (TPSA) is 108 Å². The molecule has 0 aliphatic carbocycles. The maximum atomic E-state index is 13.6. The van der Waals surface area contributed by atoms with Gasteiger partial charge >= 0.3 is 5.97 Å². The number of anilines is 1. The third kappa shape index (κ3) is 3.73. The lowest BCUT2D eigenvalue weighted by atomic mass is 9.89. The van der Waals surface area contributed by atoms with Gasteiger partial charge in [0.2, 0.25) is 5.95 Å². The molecule has 4 rings (SSSR count). The average Bonchev–Trinajstić information content (AvgIpc) is 3.25. The molecule has 158 valence electrons. The van der Waals surface area contributed by atoms with Crippen LogP contribution in [0.2, 0.25) is 10.0 Å². The van der Waals surface area contributed by atoms with E-state index in [9.17, 15) is 9.59 Å². The van der Waals surface area contributed by atoms with E-state index >= 15 is 0 Å². The number of hydrogen-bond donors (Lipinski definition) is 1. The summed E-state index contributed by atoms with van der Waals surface area (Å²) in [4.78, 5) is 26.2. The highest BCUT2D eigenvalue weighted by Crippen LogP contribution is 2.40. The molecular formula is C20H15Cl2N5O4. The fourth-order valence-electron chi connectivity index (χ4n) is 3.30. The molecule has 1 aliphatic heterocycles. The second-order valence-corrected chi connectivity index (χ2v) is 7.32. The predicted molar refractivity (Wildman–Crippen MR) is 112 cm³/mol. The van der Waals surface area contributed by atoms with Gasteiger partial charge in [-0.05, 0) is 46.8 Å². The van der Waals surface area contributed by atoms with Crippen molar-refractivity contribution in [3.8, 4) is 5.75 Å². The van der Waals surface area contributed by atoms with Crippen molar-refractivity contribution in [2.45, 2.75) is 6.04 Å². The van der Waals surface area contributed by atoms with E-state index in [1.807, 2.05) is 0 Å². The number of methoxy groups -OCH3 is 2. The van der Waals surface area contributed by atoms with E-state index in [0.29, 0.717) is 21.9 Å². The van der Waals surface area contributed by atoms with E-state index in [-0.39, 0.29) is 22.2 Å². The van der Waals surface area contributed by atoms with E-state index in [0.717, 1.165) is 0 Å². The summed E-state index contributed by atoms with van der Waals surface area (Å²) in [6.45, 7) is 0. The zero-order chi connectivity index (χ0) is 22.1. The van der Waals surface area contributed by atoms with Crippen LogP contribution in [0, 0.1) is 0 Å². The third-order valence-corrected chi connectivity index (χ3v) is 5.32. The zero-order valence-electron chi connectivity index (χ0n) is 16.3. The predicted octanol–water partition coefficient (Wildman–Crippen LogP) is 3.31. The summed E-state index contributed by atoms with van der Waals surface area (Å²) in [5.74, 6) is -0.447. The van der Waals surface area contributed by atoms with E-state index in [2.05, 4.69) is 20.8 Å². The number of rotatable bonds is 5. The van der Waals surface area contributed by atoms with Gasteiger partial charge in [0.05, 0.1) is 19.8 Å². The first-order valence-corrected chi connectivity index (χ1v) is 9.71. The first kappa shape index (κ1) is 20.8. The lowest BCUT2D eigenvalue weighted by Gasteiger charge is -2.28. The quantitative estimate of drug-likeness (QED) is 0.457. The standard InChI is InChI=1S/C20H15Cl2N5O4/c1-30-12-6-3-10(4-7-12)18(28)15-16(19(29)31-2)23-20-24-25-26-27(20)17(15)13-8-5-11(21)9-14(13)22/h3-9,17H,1-2H3,(H,23,24,26)/t17-/m1/s1. The molecule has 1 aliphatic rings. The fourth-order valence-corrected chi connectivity index (χ4v) is 3.81. The number of ketones is 1. The smallest absolute Gasteiger partial charge is 0.355 e. The summed E-state index contributed by atoms with van der Waals surface area (Å²) in [5.41, 5.74) is 0.799. The zero-order valence-corrected chi connectivity index (χ0v) is 17.8. The number of fused-ring (bicyclic) bond motifs is 1. The maximum Gasteiger partial charge on any atom is 0.355 e. The molecule has 3 aromatic rings. The van der Waals surface area contributed by atoms with Crippen molar-refractivity contribution in [1.82, 2.24) is 20.2 Å². The monoisotopic (exact) mass is 459 g/mol. The Morgan fingerprint density at radius 1 is 1.10 bits per heavy atom. The van der Waals surface area contributed by atoms with Gasteiger partial charge in [0, 0.05) is 21.2 Å². The maximum absolute atomic E-state index is 13.6. The van der Waals surface area contributed by atoms with Gasteiger partial charge in [-0.2, -0.15) is 4.68 Å². The average molecular weight is 460 g/mol. The number of ether oxygens (including phenoxy) is 2. The molecule has 0 fully saturated rings. The molecule has 0 amide bonds. The van der Waals surface area contributed by atoms with Crippen LogP contribution in [-0.4, -0.2) is 46.2 Å². The molecule has 0 radical (unpaired) electrons. The lowest BCUT2D eigenvalue weighted by Crippen LogP contribution is -2.33. The molecule has 2 heterocycles. The molecule has 0 saturated carbocycles. The van der Waals surface area contributed by atoms with E-state index in [1.54, 1.807) is 36.4 Å². The number of carbonyl (C=O) groups is 2. The van der Waals surface area contributed by atoms with Gasteiger partial charge < -0.3 is 14.8 Å². The van der Waals surface area contributed by atoms with Gasteiger partial charge in [0.15, 0.2) is 5.78 Å². The van der Waals surface area contributed by atoms with Crippen molar-refractivity contribution in [2.75, 3.05) is 19.5 Å². The number of halogens is 2. The number of allylic oxidation sites excluding steroid dienone is 1. The first-order valence-electron chi connectivity index (χ1n) is 8.95. The number of benzene rings is 2. The van der Waals surface area contributed by atoms with Crippen LogP contribution in [0.3, 0.4) is 0 Å². The molecule has 0 bridgehead atoms. The summed E-state index contributed by atoms with van der Waals surface area (Å²) < 4.78 is 11.4. The Labute approximate surface area is 186 Å². The summed E-state index contributed by atoms with van der Waals surface area (Å²) >= 11 is 12.5. The minimum absolute atomic E-state index is 0.0704. The number of hydrogen-bond acceptors (Lipinski definition) is 8. The molecule has 0 saturated heterocycles. The van der Waals surface area contributed by atoms with E-state index in [1.165, 1.54) is 25.0 Å². The van der Waals surface area contributed by atoms with Crippen LogP contribution in [0.5, 0.6) is 5.75 Å². The van der Waals surface area contributed by atoms with Crippen molar-refractivity contribution in [2.24, 2.45) is 0 Å². The SMILES string of the molecule is COC(=O)C1=C(C(=O)c2ccc(OC)cc2)[C@@H](c2ccc(Cl)cc2Cl)n2nnnc2N1. The van der Waals surface area contributed by atoms with Crippen LogP contribution in [0.4, 0.5) is 5.95 Å². The van der Waals surface area contributed by atoms with Crippen molar-refractivity contribution < 1.29 is 19.1 Å². The van der Waals surface area contributed by atoms with Crippen LogP contribution in [0.25, 0.3) is 0 Å². The first-order chi connectivity index (χ1) is 14.9. The van der Waals surface area contributed by atoms with Crippen LogP contribution in [-0.2, 0) is 9.53 Å². The Bertz CT molecular complexity index is 1210. The highest BCUT2D eigenvalue weighted by molar-refractivity contribution is 6.35. The summed E-state index contributed by atoms with van der Waals surface area (Å²) in [5, 5.41) is 15.0. The molecule has 1 N–H and O–H groups in total. The van der Waals surface area contributed by atoms with E-state index in [4.69, 9.17) is 32.7 Å². The van der Waals surface area contributed by atoms with Gasteiger partial charge in [0.1, 0.15) is 17.5 Å². The van der Waals surface area contributed by atoms with Crippen LogP contribution >= 0.6 is 23.2 Å². The Balaban J connectivity index is 1.95. The molecule has 1 atom stereocenters. The van der Waals surface area contributed by atoms with Gasteiger partial charge in [-0.25, -0.2) is 4.79 Å². The van der Waals surface area contributed by atoms with Crippen molar-refractivity contribution in [3.63, 3.8) is 0 Å².